The number of benzene rings is 1. The summed E-state index contributed by atoms with van der Waals surface area (Å²) in [5.41, 5.74) is 1.46. The number of nitrogens with one attached hydrogen (secondary N) is 1. The Morgan fingerprint density at radius 3 is 2.96 bits per heavy atom. The molecule has 0 aliphatic heterocycles. The molecule has 3 aromatic rings. The molecule has 2 aromatic heterocycles. The SMILES string of the molecule is O=C(O)CS/C(=C\c1cccc(F)c1)c1nc2sc3c(c2c(=O)[nH]1)CCCC3. The van der Waals surface area contributed by atoms with Crippen molar-refractivity contribution in [1.29, 1.82) is 0 Å². The largest absolute Gasteiger partial charge is 0.481 e. The first-order valence-corrected chi connectivity index (χ1v) is 10.7. The third-order valence-electron chi connectivity index (χ3n) is 4.56. The van der Waals surface area contributed by atoms with Crippen molar-refractivity contribution in [3.05, 3.63) is 62.3 Å². The molecule has 1 aromatic carbocycles. The van der Waals surface area contributed by atoms with E-state index in [-0.39, 0.29) is 17.1 Å². The van der Waals surface area contributed by atoms with Crippen molar-refractivity contribution >= 4 is 50.3 Å². The van der Waals surface area contributed by atoms with E-state index in [2.05, 4.69) is 9.97 Å². The van der Waals surface area contributed by atoms with Gasteiger partial charge in [-0.1, -0.05) is 12.1 Å². The van der Waals surface area contributed by atoms with Gasteiger partial charge in [-0.2, -0.15) is 0 Å². The quantitative estimate of drug-likeness (QED) is 0.647. The maximum Gasteiger partial charge on any atom is 0.313 e. The summed E-state index contributed by atoms with van der Waals surface area (Å²) in [5, 5.41) is 9.71. The molecule has 0 radical (unpaired) electrons. The van der Waals surface area contributed by atoms with Crippen molar-refractivity contribution in [2.75, 3.05) is 5.75 Å². The van der Waals surface area contributed by atoms with Gasteiger partial charge >= 0.3 is 5.97 Å². The normalized spacial score (nSPS) is 14.2. The average molecular weight is 416 g/mol. The summed E-state index contributed by atoms with van der Waals surface area (Å²) in [4.78, 5) is 33.6. The Balaban J connectivity index is 1.82. The van der Waals surface area contributed by atoms with Crippen molar-refractivity contribution in [3.8, 4) is 0 Å². The summed E-state index contributed by atoms with van der Waals surface area (Å²) in [6.07, 6.45) is 5.68. The monoisotopic (exact) mass is 416 g/mol. The molecule has 2 heterocycles. The molecule has 0 bridgehead atoms. The van der Waals surface area contributed by atoms with Crippen LogP contribution in [0.3, 0.4) is 0 Å². The van der Waals surface area contributed by atoms with Crippen molar-refractivity contribution in [2.45, 2.75) is 25.7 Å². The zero-order valence-electron chi connectivity index (χ0n) is 14.8. The lowest BCUT2D eigenvalue weighted by molar-refractivity contribution is -0.133. The number of H-pyrrole nitrogens is 1. The van der Waals surface area contributed by atoms with E-state index in [0.29, 0.717) is 26.5 Å². The summed E-state index contributed by atoms with van der Waals surface area (Å²) >= 11 is 2.58. The van der Waals surface area contributed by atoms with E-state index in [9.17, 15) is 14.0 Å². The highest BCUT2D eigenvalue weighted by molar-refractivity contribution is 8.09. The Kier molecular flexibility index (Phi) is 5.32. The molecule has 0 unspecified atom stereocenters. The number of carboxylic acid groups (broad SMARTS) is 1. The third-order valence-corrected chi connectivity index (χ3v) is 6.76. The summed E-state index contributed by atoms with van der Waals surface area (Å²) in [7, 11) is 0. The zero-order chi connectivity index (χ0) is 19.7. The van der Waals surface area contributed by atoms with Crippen LogP contribution in [0.5, 0.6) is 0 Å². The summed E-state index contributed by atoms with van der Waals surface area (Å²) in [6.45, 7) is 0. The standard InChI is InChI=1S/C20H17FN2O3S2/c21-12-5-3-4-11(8-12)9-15(27-10-16(24)25)18-22-19(26)17-13-6-1-2-7-14(13)28-20(17)23-18/h3-5,8-9H,1-2,6-7,10H2,(H,24,25)(H,22,23,26)/b15-9-. The maximum absolute atomic E-state index is 13.5. The first kappa shape index (κ1) is 18.9. The van der Waals surface area contributed by atoms with E-state index < -0.39 is 5.97 Å². The molecule has 0 atom stereocenters. The van der Waals surface area contributed by atoms with Crippen molar-refractivity contribution in [2.24, 2.45) is 0 Å². The number of rotatable bonds is 5. The van der Waals surface area contributed by atoms with Gasteiger partial charge in [-0.25, -0.2) is 9.37 Å². The Labute approximate surface area is 168 Å². The van der Waals surface area contributed by atoms with Crippen LogP contribution in [0.1, 0.15) is 34.7 Å². The van der Waals surface area contributed by atoms with Crippen molar-refractivity contribution < 1.29 is 14.3 Å². The van der Waals surface area contributed by atoms with Crippen molar-refractivity contribution in [3.63, 3.8) is 0 Å². The number of carboxylic acids is 1. The zero-order valence-corrected chi connectivity index (χ0v) is 16.5. The highest BCUT2D eigenvalue weighted by Crippen LogP contribution is 2.35. The molecule has 144 valence electrons. The molecule has 1 aliphatic rings. The molecule has 28 heavy (non-hydrogen) atoms. The van der Waals surface area contributed by atoms with E-state index in [0.717, 1.165) is 43.0 Å². The van der Waals surface area contributed by atoms with Crippen molar-refractivity contribution in [1.82, 2.24) is 9.97 Å². The molecular formula is C20H17FN2O3S2. The first-order valence-electron chi connectivity index (χ1n) is 8.88. The molecule has 5 nitrogen and oxygen atoms in total. The van der Waals surface area contributed by atoms with Crippen LogP contribution in [-0.2, 0) is 17.6 Å². The minimum Gasteiger partial charge on any atom is -0.481 e. The molecule has 8 heteroatoms. The van der Waals surface area contributed by atoms with E-state index >= 15 is 0 Å². The van der Waals surface area contributed by atoms with Crippen LogP contribution in [0, 0.1) is 5.82 Å². The van der Waals surface area contributed by atoms with Gasteiger partial charge in [-0.3, -0.25) is 9.59 Å². The number of carbonyl (C=O) groups is 1. The molecule has 0 saturated heterocycles. The number of hydrogen-bond donors (Lipinski definition) is 2. The van der Waals surface area contributed by atoms with Crippen LogP contribution in [0.4, 0.5) is 4.39 Å². The number of thiophene rings is 1. The van der Waals surface area contributed by atoms with Gasteiger partial charge in [0, 0.05) is 4.88 Å². The number of aromatic nitrogens is 2. The lowest BCUT2D eigenvalue weighted by atomic mass is 9.97. The number of aliphatic carboxylic acids is 1. The van der Waals surface area contributed by atoms with Gasteiger partial charge in [0.05, 0.1) is 16.0 Å². The van der Waals surface area contributed by atoms with Gasteiger partial charge in [-0.05, 0) is 55.0 Å². The van der Waals surface area contributed by atoms with Crippen LogP contribution in [0.15, 0.2) is 29.1 Å². The van der Waals surface area contributed by atoms with Gasteiger partial charge in [0.25, 0.3) is 5.56 Å². The molecule has 0 amide bonds. The van der Waals surface area contributed by atoms with Crippen LogP contribution in [0.25, 0.3) is 21.2 Å². The minimum atomic E-state index is -0.981. The maximum atomic E-state index is 13.5. The lowest BCUT2D eigenvalue weighted by Gasteiger charge is -2.10. The molecule has 0 fully saturated rings. The molecule has 4 rings (SSSR count). The van der Waals surface area contributed by atoms with Gasteiger partial charge in [0.15, 0.2) is 0 Å². The highest BCUT2D eigenvalue weighted by Gasteiger charge is 2.21. The predicted octanol–water partition coefficient (Wildman–Crippen LogP) is 4.32. The van der Waals surface area contributed by atoms with Gasteiger partial charge in [-0.15, -0.1) is 23.1 Å². The van der Waals surface area contributed by atoms with Crippen LogP contribution >= 0.6 is 23.1 Å². The Morgan fingerprint density at radius 2 is 2.18 bits per heavy atom. The first-order chi connectivity index (χ1) is 13.5. The summed E-state index contributed by atoms with van der Waals surface area (Å²) < 4.78 is 13.5. The molecule has 0 saturated carbocycles. The second-order valence-corrected chi connectivity index (χ2v) is 8.65. The number of nitrogens with zero attached hydrogens (tertiary/aromatic N) is 1. The Bertz CT molecular complexity index is 1150. The lowest BCUT2D eigenvalue weighted by Crippen LogP contribution is -2.12. The van der Waals surface area contributed by atoms with Gasteiger partial charge in [0.1, 0.15) is 16.5 Å². The van der Waals surface area contributed by atoms with Gasteiger partial charge < -0.3 is 10.1 Å². The smallest absolute Gasteiger partial charge is 0.313 e. The van der Waals surface area contributed by atoms with E-state index in [1.807, 2.05) is 0 Å². The summed E-state index contributed by atoms with van der Waals surface area (Å²) in [6, 6.07) is 5.98. The number of fused-ring (bicyclic) bond motifs is 3. The van der Waals surface area contributed by atoms with Crippen LogP contribution < -0.4 is 5.56 Å². The van der Waals surface area contributed by atoms with E-state index in [1.165, 1.54) is 28.3 Å². The Hall–Kier alpha value is -2.45. The van der Waals surface area contributed by atoms with E-state index in [4.69, 9.17) is 5.11 Å². The number of aryl methyl sites for hydroxylation is 2. The number of hydrogen-bond acceptors (Lipinski definition) is 5. The Morgan fingerprint density at radius 1 is 1.36 bits per heavy atom. The van der Waals surface area contributed by atoms with Crippen LogP contribution in [-0.4, -0.2) is 26.8 Å². The van der Waals surface area contributed by atoms with Gasteiger partial charge in [0.2, 0.25) is 0 Å². The van der Waals surface area contributed by atoms with E-state index in [1.54, 1.807) is 18.2 Å². The highest BCUT2D eigenvalue weighted by atomic mass is 32.2. The fraction of sp³-hybridized carbons (Fsp3) is 0.250. The minimum absolute atomic E-state index is 0.191. The third kappa shape index (κ3) is 3.88. The molecule has 1 aliphatic carbocycles. The fourth-order valence-electron chi connectivity index (χ4n) is 3.35. The molecular weight excluding hydrogens is 399 g/mol. The number of thioether (sulfide) groups is 1. The summed E-state index contributed by atoms with van der Waals surface area (Å²) in [5.74, 6) is -1.25. The topological polar surface area (TPSA) is 83.0 Å². The second-order valence-electron chi connectivity index (χ2n) is 6.55. The second kappa shape index (κ2) is 7.89. The fourth-order valence-corrected chi connectivity index (χ4v) is 5.34. The average Bonchev–Trinajstić information content (AvgIpc) is 3.04. The molecule has 2 N–H and O–H groups in total. The van der Waals surface area contributed by atoms with Crippen LogP contribution in [0.2, 0.25) is 0 Å². The molecule has 0 spiro atoms. The number of aromatic amines is 1. The number of halogens is 1. The predicted molar refractivity (Wildman–Crippen MR) is 111 cm³/mol.